The van der Waals surface area contributed by atoms with E-state index in [4.69, 9.17) is 10.5 Å². The van der Waals surface area contributed by atoms with Gasteiger partial charge in [-0.25, -0.2) is 4.79 Å². The van der Waals surface area contributed by atoms with Crippen LogP contribution in [-0.4, -0.2) is 23.6 Å². The van der Waals surface area contributed by atoms with E-state index in [0.717, 1.165) is 48.3 Å². The third-order valence-electron chi connectivity index (χ3n) is 5.12. The smallest absolute Gasteiger partial charge is 0.337 e. The van der Waals surface area contributed by atoms with E-state index in [-0.39, 0.29) is 5.97 Å². The number of ether oxygens (including phenoxy) is 1. The molecule has 152 valence electrons. The number of carbonyl (C=O) groups excluding carboxylic acids is 2. The second-order valence-corrected chi connectivity index (χ2v) is 7.98. The van der Waals surface area contributed by atoms with Crippen LogP contribution in [-0.2, 0) is 24.1 Å². The lowest BCUT2D eigenvalue weighted by Crippen LogP contribution is -2.13. The maximum absolute atomic E-state index is 12.4. The molecule has 0 atom stereocenters. The van der Waals surface area contributed by atoms with Gasteiger partial charge in [-0.2, -0.15) is 0 Å². The van der Waals surface area contributed by atoms with Crippen molar-refractivity contribution in [3.63, 3.8) is 0 Å². The maximum Gasteiger partial charge on any atom is 0.337 e. The van der Waals surface area contributed by atoms with Crippen LogP contribution in [0.1, 0.15) is 50.3 Å². The molecule has 0 saturated heterocycles. The Morgan fingerprint density at radius 3 is 2.41 bits per heavy atom. The van der Waals surface area contributed by atoms with Gasteiger partial charge >= 0.3 is 5.97 Å². The molecule has 0 aliphatic carbocycles. The van der Waals surface area contributed by atoms with Crippen LogP contribution in [0.15, 0.2) is 41.8 Å². The lowest BCUT2D eigenvalue weighted by Gasteiger charge is -2.12. The van der Waals surface area contributed by atoms with Crippen LogP contribution in [0.25, 0.3) is 11.1 Å². The first-order valence-electron chi connectivity index (χ1n) is 9.70. The number of nitrogens with two attached hydrogens (primary N) is 1. The topological polar surface area (TPSA) is 74.3 Å². The molecule has 0 unspecified atom stereocenters. The van der Waals surface area contributed by atoms with Gasteiger partial charge in [0.2, 0.25) is 0 Å². The largest absolute Gasteiger partial charge is 0.465 e. The van der Waals surface area contributed by atoms with Gasteiger partial charge in [0.25, 0.3) is 5.91 Å². The minimum atomic E-state index is -0.429. The molecule has 2 aromatic heterocycles. The van der Waals surface area contributed by atoms with E-state index in [0.29, 0.717) is 11.1 Å². The predicted octanol–water partition coefficient (Wildman–Crippen LogP) is 4.61. The standard InChI is InChI=1S/C23H26N2O3S/c1-4-6-19-21(16-8-10-17(11-9-16)23(27)28-3)20(22(24)26)15(2)25(19)13-12-18-7-5-14-29-18/h5,7-11,14H,4,6,12-13H2,1-3H3,(H2,24,26). The summed E-state index contributed by atoms with van der Waals surface area (Å²) in [6.45, 7) is 4.88. The Kier molecular flexibility index (Phi) is 6.54. The molecule has 0 spiro atoms. The summed E-state index contributed by atoms with van der Waals surface area (Å²) in [5, 5.41) is 2.08. The van der Waals surface area contributed by atoms with E-state index in [9.17, 15) is 9.59 Å². The van der Waals surface area contributed by atoms with E-state index in [1.165, 1.54) is 12.0 Å². The van der Waals surface area contributed by atoms with E-state index < -0.39 is 5.91 Å². The number of hydrogen-bond donors (Lipinski definition) is 1. The van der Waals surface area contributed by atoms with Gasteiger partial charge in [0.15, 0.2) is 0 Å². The number of hydrogen-bond acceptors (Lipinski definition) is 4. The minimum absolute atomic E-state index is 0.384. The molecule has 29 heavy (non-hydrogen) atoms. The molecule has 2 N–H and O–H groups in total. The number of benzene rings is 1. The van der Waals surface area contributed by atoms with E-state index in [1.54, 1.807) is 23.5 Å². The Bertz CT molecular complexity index is 1000. The van der Waals surface area contributed by atoms with Crippen molar-refractivity contribution >= 4 is 23.2 Å². The van der Waals surface area contributed by atoms with Crippen molar-refractivity contribution < 1.29 is 14.3 Å². The molecule has 0 radical (unpaired) electrons. The molecule has 0 bridgehead atoms. The molecule has 3 rings (SSSR count). The fourth-order valence-corrected chi connectivity index (χ4v) is 4.48. The first-order valence-corrected chi connectivity index (χ1v) is 10.6. The number of amides is 1. The van der Waals surface area contributed by atoms with Crippen LogP contribution in [0.3, 0.4) is 0 Å². The lowest BCUT2D eigenvalue weighted by atomic mass is 9.97. The summed E-state index contributed by atoms with van der Waals surface area (Å²) in [7, 11) is 1.36. The lowest BCUT2D eigenvalue weighted by molar-refractivity contribution is 0.0600. The highest BCUT2D eigenvalue weighted by Gasteiger charge is 2.24. The highest BCUT2D eigenvalue weighted by molar-refractivity contribution is 7.09. The number of rotatable bonds is 8. The van der Waals surface area contributed by atoms with Crippen LogP contribution in [0.5, 0.6) is 0 Å². The van der Waals surface area contributed by atoms with Crippen LogP contribution in [0, 0.1) is 6.92 Å². The van der Waals surface area contributed by atoms with Gasteiger partial charge in [-0.1, -0.05) is 31.5 Å². The number of primary amides is 1. The summed E-state index contributed by atoms with van der Waals surface area (Å²) < 4.78 is 7.01. The molecule has 0 fully saturated rings. The van der Waals surface area contributed by atoms with Gasteiger partial charge in [-0.05, 0) is 48.9 Å². The number of aryl methyl sites for hydroxylation is 1. The Balaban J connectivity index is 2.09. The molecule has 0 saturated carbocycles. The summed E-state index contributed by atoms with van der Waals surface area (Å²) in [5.41, 5.74) is 10.6. The van der Waals surface area contributed by atoms with E-state index in [2.05, 4.69) is 29.0 Å². The third-order valence-corrected chi connectivity index (χ3v) is 6.06. The highest BCUT2D eigenvalue weighted by Crippen LogP contribution is 2.34. The SMILES string of the molecule is CCCc1c(-c2ccc(C(=O)OC)cc2)c(C(N)=O)c(C)n1CCc1cccs1. The summed E-state index contributed by atoms with van der Waals surface area (Å²) in [6, 6.07) is 11.3. The molecule has 3 aromatic rings. The second-order valence-electron chi connectivity index (χ2n) is 6.95. The van der Waals surface area contributed by atoms with Crippen LogP contribution < -0.4 is 5.73 Å². The van der Waals surface area contributed by atoms with Gasteiger partial charge in [0.05, 0.1) is 18.2 Å². The molecule has 1 amide bonds. The van der Waals surface area contributed by atoms with Crippen LogP contribution in [0.2, 0.25) is 0 Å². The number of carbonyl (C=O) groups is 2. The second kappa shape index (κ2) is 9.09. The summed E-state index contributed by atoms with van der Waals surface area (Å²) in [4.78, 5) is 25.4. The average molecular weight is 411 g/mol. The fraction of sp³-hybridized carbons (Fsp3) is 0.304. The van der Waals surface area contributed by atoms with E-state index in [1.807, 2.05) is 19.1 Å². The maximum atomic E-state index is 12.4. The van der Waals surface area contributed by atoms with Crippen molar-refractivity contribution in [2.75, 3.05) is 7.11 Å². The monoisotopic (exact) mass is 410 g/mol. The Morgan fingerprint density at radius 1 is 1.14 bits per heavy atom. The molecule has 6 heteroatoms. The van der Waals surface area contributed by atoms with Gasteiger partial charge in [0, 0.05) is 28.4 Å². The Hall–Kier alpha value is -2.86. The molecule has 0 aliphatic rings. The minimum Gasteiger partial charge on any atom is -0.465 e. The highest BCUT2D eigenvalue weighted by atomic mass is 32.1. The zero-order valence-corrected chi connectivity index (χ0v) is 17.8. The van der Waals surface area contributed by atoms with Gasteiger partial charge in [-0.15, -0.1) is 11.3 Å². The molecular weight excluding hydrogens is 384 g/mol. The van der Waals surface area contributed by atoms with Crippen molar-refractivity contribution in [2.45, 2.75) is 39.7 Å². The first-order chi connectivity index (χ1) is 14.0. The molecule has 5 nitrogen and oxygen atoms in total. The zero-order valence-electron chi connectivity index (χ0n) is 17.0. The third kappa shape index (κ3) is 4.27. The molecule has 0 aliphatic heterocycles. The fourth-order valence-electron chi connectivity index (χ4n) is 3.78. The van der Waals surface area contributed by atoms with Gasteiger partial charge in [0.1, 0.15) is 0 Å². The number of methoxy groups -OCH3 is 1. The van der Waals surface area contributed by atoms with E-state index >= 15 is 0 Å². The number of thiophene rings is 1. The summed E-state index contributed by atoms with van der Waals surface area (Å²) in [5.74, 6) is -0.813. The van der Waals surface area contributed by atoms with Crippen LogP contribution in [0.4, 0.5) is 0 Å². The first kappa shape index (κ1) is 20.9. The zero-order chi connectivity index (χ0) is 21.0. The summed E-state index contributed by atoms with van der Waals surface area (Å²) >= 11 is 1.74. The van der Waals surface area contributed by atoms with Gasteiger partial charge < -0.3 is 15.0 Å². The Morgan fingerprint density at radius 2 is 1.86 bits per heavy atom. The van der Waals surface area contributed by atoms with Crippen molar-refractivity contribution in [1.29, 1.82) is 0 Å². The normalized spacial score (nSPS) is 10.9. The van der Waals surface area contributed by atoms with Gasteiger partial charge in [-0.3, -0.25) is 4.79 Å². The van der Waals surface area contributed by atoms with Crippen LogP contribution >= 0.6 is 11.3 Å². The average Bonchev–Trinajstić information content (AvgIpc) is 3.32. The van der Waals surface area contributed by atoms with Crippen molar-refractivity contribution in [1.82, 2.24) is 4.57 Å². The Labute approximate surface area is 175 Å². The predicted molar refractivity (Wildman–Crippen MR) is 116 cm³/mol. The van der Waals surface area contributed by atoms with Crippen molar-refractivity contribution in [2.24, 2.45) is 5.73 Å². The number of aromatic nitrogens is 1. The quantitative estimate of drug-likeness (QED) is 0.551. The number of nitrogens with zero attached hydrogens (tertiary/aromatic N) is 1. The number of esters is 1. The summed E-state index contributed by atoms with van der Waals surface area (Å²) in [6.07, 6.45) is 2.70. The van der Waals surface area contributed by atoms with Crippen molar-refractivity contribution in [3.8, 4) is 11.1 Å². The van der Waals surface area contributed by atoms with Crippen molar-refractivity contribution in [3.05, 3.63) is 69.2 Å². The molecule has 1 aromatic carbocycles. The molecular formula is C23H26N2O3S. The molecule has 2 heterocycles.